The zero-order valence-corrected chi connectivity index (χ0v) is 12.3. The molecule has 0 fully saturated rings. The van der Waals surface area contributed by atoms with Crippen LogP contribution in [0.4, 0.5) is 10.1 Å². The molecule has 7 heteroatoms. The number of halogens is 2. The lowest BCUT2D eigenvalue weighted by atomic mass is 10.1. The Kier molecular flexibility index (Phi) is 4.54. The topological polar surface area (TPSA) is 87.7 Å². The molecule has 108 valence electrons. The first-order valence-electron chi connectivity index (χ1n) is 5.85. The molecule has 1 amide bonds. The number of nitrogens with two attached hydrogens (primary N) is 1. The molecule has 0 aliphatic heterocycles. The standard InChI is InChI=1S/C14H11BrFN3O2/c15-9-3-6-11(13(17)19-21)12(7-9)18-14(20)8-1-4-10(16)5-2-8/h1-7,21H,(H2,17,19)(H,18,20). The van der Waals surface area contributed by atoms with Crippen LogP contribution in [0.3, 0.4) is 0 Å². The smallest absolute Gasteiger partial charge is 0.255 e. The summed E-state index contributed by atoms with van der Waals surface area (Å²) < 4.78 is 13.6. The van der Waals surface area contributed by atoms with Crippen LogP contribution in [-0.2, 0) is 0 Å². The number of carbonyl (C=O) groups excluding carboxylic acids is 1. The molecular formula is C14H11BrFN3O2. The molecule has 2 aromatic carbocycles. The van der Waals surface area contributed by atoms with Gasteiger partial charge in [0.1, 0.15) is 5.82 Å². The molecule has 5 nitrogen and oxygen atoms in total. The summed E-state index contributed by atoms with van der Waals surface area (Å²) in [6, 6.07) is 10.0. The summed E-state index contributed by atoms with van der Waals surface area (Å²) in [5, 5.41) is 14.3. The first kappa shape index (κ1) is 15.0. The second-order valence-corrected chi connectivity index (χ2v) is 5.05. The van der Waals surface area contributed by atoms with Crippen molar-refractivity contribution in [2.45, 2.75) is 0 Å². The number of oxime groups is 1. The molecule has 0 saturated heterocycles. The van der Waals surface area contributed by atoms with Gasteiger partial charge in [0.25, 0.3) is 5.91 Å². The lowest BCUT2D eigenvalue weighted by Gasteiger charge is -2.11. The van der Waals surface area contributed by atoms with Gasteiger partial charge in [-0.25, -0.2) is 4.39 Å². The molecule has 21 heavy (non-hydrogen) atoms. The van der Waals surface area contributed by atoms with Crippen LogP contribution in [0, 0.1) is 5.82 Å². The van der Waals surface area contributed by atoms with Crippen LogP contribution >= 0.6 is 15.9 Å². The van der Waals surface area contributed by atoms with Gasteiger partial charge in [-0.05, 0) is 42.5 Å². The zero-order chi connectivity index (χ0) is 15.4. The van der Waals surface area contributed by atoms with Gasteiger partial charge in [-0.2, -0.15) is 0 Å². The van der Waals surface area contributed by atoms with Gasteiger partial charge in [0, 0.05) is 15.6 Å². The molecule has 0 heterocycles. The molecule has 0 atom stereocenters. The molecule has 0 aliphatic carbocycles. The summed E-state index contributed by atoms with van der Waals surface area (Å²) in [7, 11) is 0. The van der Waals surface area contributed by atoms with Crippen LogP contribution < -0.4 is 11.1 Å². The van der Waals surface area contributed by atoms with Crippen molar-refractivity contribution in [1.29, 1.82) is 0 Å². The molecule has 2 rings (SSSR count). The van der Waals surface area contributed by atoms with Gasteiger partial charge in [-0.15, -0.1) is 0 Å². The summed E-state index contributed by atoms with van der Waals surface area (Å²) in [6.45, 7) is 0. The van der Waals surface area contributed by atoms with E-state index in [1.807, 2.05) is 0 Å². The normalized spacial score (nSPS) is 11.2. The van der Waals surface area contributed by atoms with Gasteiger partial charge in [-0.3, -0.25) is 4.79 Å². The molecule has 0 saturated carbocycles. The second kappa shape index (κ2) is 6.36. The Bertz CT molecular complexity index is 702. The number of benzene rings is 2. The maximum atomic E-state index is 12.8. The maximum absolute atomic E-state index is 12.8. The maximum Gasteiger partial charge on any atom is 0.255 e. The monoisotopic (exact) mass is 351 g/mol. The molecule has 2 aromatic rings. The summed E-state index contributed by atoms with van der Waals surface area (Å²) in [6.07, 6.45) is 0. The minimum Gasteiger partial charge on any atom is -0.409 e. The molecular weight excluding hydrogens is 341 g/mol. The summed E-state index contributed by atoms with van der Waals surface area (Å²) in [4.78, 5) is 12.1. The highest BCUT2D eigenvalue weighted by molar-refractivity contribution is 9.10. The van der Waals surface area contributed by atoms with Crippen molar-refractivity contribution in [2.24, 2.45) is 10.9 Å². The molecule has 4 N–H and O–H groups in total. The van der Waals surface area contributed by atoms with Crippen LogP contribution in [0.2, 0.25) is 0 Å². The molecule has 0 spiro atoms. The van der Waals surface area contributed by atoms with Crippen LogP contribution in [-0.4, -0.2) is 17.0 Å². The second-order valence-electron chi connectivity index (χ2n) is 4.14. The predicted octanol–water partition coefficient (Wildman–Crippen LogP) is 2.94. The summed E-state index contributed by atoms with van der Waals surface area (Å²) in [5.41, 5.74) is 6.60. The summed E-state index contributed by atoms with van der Waals surface area (Å²) in [5.74, 6) is -0.983. The zero-order valence-electron chi connectivity index (χ0n) is 10.7. The average molecular weight is 352 g/mol. The third-order valence-corrected chi connectivity index (χ3v) is 3.21. The molecule has 0 radical (unpaired) electrons. The Morgan fingerprint density at radius 3 is 2.52 bits per heavy atom. The van der Waals surface area contributed by atoms with Crippen molar-refractivity contribution < 1.29 is 14.4 Å². The van der Waals surface area contributed by atoms with Gasteiger partial charge in [0.15, 0.2) is 5.84 Å². The fourth-order valence-corrected chi connectivity index (χ4v) is 2.05. The van der Waals surface area contributed by atoms with Crippen LogP contribution in [0.5, 0.6) is 0 Å². The third-order valence-electron chi connectivity index (χ3n) is 2.72. The number of amides is 1. The first-order chi connectivity index (χ1) is 10.0. The van der Waals surface area contributed by atoms with Crippen LogP contribution in [0.15, 0.2) is 52.1 Å². The fraction of sp³-hybridized carbons (Fsp3) is 0. The highest BCUT2D eigenvalue weighted by atomic mass is 79.9. The van der Waals surface area contributed by atoms with E-state index in [4.69, 9.17) is 10.9 Å². The number of hydrogen-bond donors (Lipinski definition) is 3. The Labute approximate surface area is 128 Å². The van der Waals surface area contributed by atoms with E-state index in [2.05, 4.69) is 26.4 Å². The van der Waals surface area contributed by atoms with Gasteiger partial charge in [0.2, 0.25) is 0 Å². The van der Waals surface area contributed by atoms with E-state index < -0.39 is 11.7 Å². The number of rotatable bonds is 3. The van der Waals surface area contributed by atoms with E-state index in [1.54, 1.807) is 18.2 Å². The van der Waals surface area contributed by atoms with Gasteiger partial charge in [0.05, 0.1) is 5.69 Å². The fourth-order valence-electron chi connectivity index (χ4n) is 1.69. The summed E-state index contributed by atoms with van der Waals surface area (Å²) >= 11 is 3.28. The number of hydrogen-bond acceptors (Lipinski definition) is 3. The van der Waals surface area contributed by atoms with Gasteiger partial charge in [-0.1, -0.05) is 21.1 Å². The van der Waals surface area contributed by atoms with Crippen molar-refractivity contribution in [3.05, 3.63) is 63.9 Å². The minimum absolute atomic E-state index is 0.128. The third kappa shape index (κ3) is 3.57. The SMILES string of the molecule is N/C(=N/O)c1ccc(Br)cc1NC(=O)c1ccc(F)cc1. The highest BCUT2D eigenvalue weighted by Crippen LogP contribution is 2.22. The number of nitrogens with zero attached hydrogens (tertiary/aromatic N) is 1. The van der Waals surface area contributed by atoms with Crippen molar-refractivity contribution in [1.82, 2.24) is 0 Å². The Hall–Kier alpha value is -2.41. The first-order valence-corrected chi connectivity index (χ1v) is 6.65. The largest absolute Gasteiger partial charge is 0.409 e. The quantitative estimate of drug-likeness (QED) is 0.344. The number of anilines is 1. The Balaban J connectivity index is 2.32. The van der Waals surface area contributed by atoms with Crippen molar-refractivity contribution in [3.8, 4) is 0 Å². The van der Waals surface area contributed by atoms with E-state index in [-0.39, 0.29) is 5.84 Å². The lowest BCUT2D eigenvalue weighted by molar-refractivity contribution is 0.102. The Morgan fingerprint density at radius 1 is 1.24 bits per heavy atom. The molecule has 0 aromatic heterocycles. The predicted molar refractivity (Wildman–Crippen MR) is 81.0 cm³/mol. The number of amidine groups is 1. The van der Waals surface area contributed by atoms with Crippen LogP contribution in [0.1, 0.15) is 15.9 Å². The van der Waals surface area contributed by atoms with E-state index in [9.17, 15) is 9.18 Å². The van der Waals surface area contributed by atoms with E-state index in [1.165, 1.54) is 24.3 Å². The molecule has 0 bridgehead atoms. The minimum atomic E-state index is -0.430. The highest BCUT2D eigenvalue weighted by Gasteiger charge is 2.12. The van der Waals surface area contributed by atoms with E-state index in [0.29, 0.717) is 21.3 Å². The molecule has 0 unspecified atom stereocenters. The average Bonchev–Trinajstić information content (AvgIpc) is 2.47. The lowest BCUT2D eigenvalue weighted by Crippen LogP contribution is -2.19. The van der Waals surface area contributed by atoms with E-state index >= 15 is 0 Å². The number of nitrogens with one attached hydrogen (secondary N) is 1. The van der Waals surface area contributed by atoms with Gasteiger partial charge >= 0.3 is 0 Å². The number of carbonyl (C=O) groups is 1. The van der Waals surface area contributed by atoms with Crippen LogP contribution in [0.25, 0.3) is 0 Å². The Morgan fingerprint density at radius 2 is 1.90 bits per heavy atom. The van der Waals surface area contributed by atoms with E-state index in [0.717, 1.165) is 0 Å². The van der Waals surface area contributed by atoms with Crippen molar-refractivity contribution in [2.75, 3.05) is 5.32 Å². The molecule has 0 aliphatic rings. The van der Waals surface area contributed by atoms with Gasteiger partial charge < -0.3 is 16.3 Å². The van der Waals surface area contributed by atoms with Crippen molar-refractivity contribution >= 4 is 33.4 Å². The van der Waals surface area contributed by atoms with Crippen molar-refractivity contribution in [3.63, 3.8) is 0 Å².